The molecule has 0 unspecified atom stereocenters. The minimum atomic E-state index is -1.17. The number of piperidine rings is 1. The summed E-state index contributed by atoms with van der Waals surface area (Å²) >= 11 is 0. The van der Waals surface area contributed by atoms with E-state index in [2.05, 4.69) is 0 Å². The molecule has 4 bridgehead atoms. The number of nitrogens with zero attached hydrogens (tertiary/aromatic N) is 1. The molecule has 1 saturated heterocycles. The maximum atomic E-state index is 10.0. The number of aliphatic hydroxyl groups is 4. The molecule has 0 spiro atoms. The van der Waals surface area contributed by atoms with Crippen molar-refractivity contribution in [3.8, 4) is 0 Å². The highest BCUT2D eigenvalue weighted by molar-refractivity contribution is 4.98. The molecule has 4 aliphatic carbocycles. The number of aliphatic hydroxyl groups excluding tert-OH is 4. The van der Waals surface area contributed by atoms with E-state index in [0.29, 0.717) is 13.1 Å². The van der Waals surface area contributed by atoms with Crippen molar-refractivity contribution >= 4 is 0 Å². The van der Waals surface area contributed by atoms with Crippen molar-refractivity contribution in [1.82, 2.24) is 4.90 Å². The van der Waals surface area contributed by atoms with Gasteiger partial charge in [-0.1, -0.05) is 0 Å². The van der Waals surface area contributed by atoms with Gasteiger partial charge in [0.05, 0.1) is 18.8 Å². The zero-order valence-corrected chi connectivity index (χ0v) is 17.0. The van der Waals surface area contributed by atoms with Gasteiger partial charge in [0.2, 0.25) is 0 Å². The highest BCUT2D eigenvalue weighted by atomic mass is 16.5. The second-order valence-electron chi connectivity index (χ2n) is 10.0. The largest absolute Gasteiger partial charge is 0.395 e. The van der Waals surface area contributed by atoms with Crippen molar-refractivity contribution in [2.45, 2.75) is 75.7 Å². The molecule has 28 heavy (non-hydrogen) atoms. The summed E-state index contributed by atoms with van der Waals surface area (Å²) in [5.41, 5.74) is 0. The van der Waals surface area contributed by atoms with Gasteiger partial charge in [-0.05, 0) is 87.5 Å². The van der Waals surface area contributed by atoms with Gasteiger partial charge in [-0.3, -0.25) is 4.90 Å². The number of likely N-dealkylation sites (tertiary alicyclic amines) is 1. The van der Waals surface area contributed by atoms with Gasteiger partial charge in [-0.15, -0.1) is 0 Å². The number of hydrogen-bond acceptors (Lipinski definition) is 6. The normalized spacial score (nSPS) is 45.6. The third-order valence-corrected chi connectivity index (χ3v) is 8.18. The maximum Gasteiger partial charge on any atom is 0.109 e. The summed E-state index contributed by atoms with van der Waals surface area (Å²) in [5.74, 6) is 4.71. The van der Waals surface area contributed by atoms with Crippen LogP contribution in [-0.2, 0) is 4.74 Å². The van der Waals surface area contributed by atoms with Crippen LogP contribution in [0, 0.1) is 29.6 Å². The monoisotopic (exact) mass is 397 g/mol. The van der Waals surface area contributed by atoms with Crippen molar-refractivity contribution in [1.29, 1.82) is 0 Å². The summed E-state index contributed by atoms with van der Waals surface area (Å²) < 4.78 is 6.08. The average molecular weight is 398 g/mol. The molecular weight excluding hydrogens is 358 g/mol. The smallest absolute Gasteiger partial charge is 0.109 e. The fourth-order valence-corrected chi connectivity index (χ4v) is 6.86. The van der Waals surface area contributed by atoms with E-state index in [4.69, 9.17) is 4.74 Å². The topological polar surface area (TPSA) is 93.4 Å². The molecule has 0 radical (unpaired) electrons. The molecule has 0 amide bonds. The maximum absolute atomic E-state index is 10.0. The van der Waals surface area contributed by atoms with Crippen molar-refractivity contribution in [2.75, 3.05) is 32.9 Å². The molecule has 4 atom stereocenters. The van der Waals surface area contributed by atoms with Crippen molar-refractivity contribution in [3.63, 3.8) is 0 Å². The number of hydrogen-bond donors (Lipinski definition) is 4. The Kier molecular flexibility index (Phi) is 6.96. The third-order valence-electron chi connectivity index (χ3n) is 8.18. The number of unbranched alkanes of at least 4 members (excludes halogenated alkanes) is 2. The molecule has 5 fully saturated rings. The third kappa shape index (κ3) is 4.42. The molecule has 4 N–H and O–H groups in total. The lowest BCUT2D eigenvalue weighted by Gasteiger charge is -2.54. The van der Waals surface area contributed by atoms with E-state index in [9.17, 15) is 20.4 Å². The van der Waals surface area contributed by atoms with Crippen LogP contribution in [0.15, 0.2) is 0 Å². The van der Waals surface area contributed by atoms with Gasteiger partial charge >= 0.3 is 0 Å². The van der Waals surface area contributed by atoms with E-state index in [1.165, 1.54) is 32.1 Å². The predicted molar refractivity (Wildman–Crippen MR) is 106 cm³/mol. The Labute approximate surface area is 168 Å². The first kappa shape index (κ1) is 21.0. The number of rotatable bonds is 9. The van der Waals surface area contributed by atoms with Crippen molar-refractivity contribution < 1.29 is 25.2 Å². The quantitative estimate of drug-likeness (QED) is 0.434. The Morgan fingerprint density at radius 2 is 1.50 bits per heavy atom. The molecule has 0 aromatic heterocycles. The molecule has 5 aliphatic rings. The molecule has 0 aromatic rings. The summed E-state index contributed by atoms with van der Waals surface area (Å²) in [6.07, 6.45) is 7.08. The van der Waals surface area contributed by atoms with Gasteiger partial charge in [0, 0.05) is 19.8 Å². The minimum Gasteiger partial charge on any atom is -0.395 e. The van der Waals surface area contributed by atoms with Crippen molar-refractivity contribution in [3.05, 3.63) is 0 Å². The van der Waals surface area contributed by atoms with Gasteiger partial charge in [0.15, 0.2) is 0 Å². The van der Waals surface area contributed by atoms with Crippen LogP contribution in [0.1, 0.15) is 51.4 Å². The molecule has 162 valence electrons. The highest BCUT2D eigenvalue weighted by Crippen LogP contribution is 2.56. The minimum absolute atomic E-state index is 0.209. The predicted octanol–water partition coefficient (Wildman–Crippen LogP) is 1.00. The van der Waals surface area contributed by atoms with Crippen LogP contribution in [-0.4, -0.2) is 82.6 Å². The summed E-state index contributed by atoms with van der Waals surface area (Å²) in [7, 11) is 0. The molecule has 6 nitrogen and oxygen atoms in total. The molecule has 5 rings (SSSR count). The van der Waals surface area contributed by atoms with Crippen LogP contribution in [0.3, 0.4) is 0 Å². The lowest BCUT2D eigenvalue weighted by atomic mass is 9.52. The lowest BCUT2D eigenvalue weighted by molar-refractivity contribution is -0.145. The zero-order valence-electron chi connectivity index (χ0n) is 17.0. The first-order valence-electron chi connectivity index (χ1n) is 11.5. The molecule has 1 heterocycles. The first-order chi connectivity index (χ1) is 13.6. The lowest BCUT2D eigenvalue weighted by Crippen LogP contribution is -2.62. The summed E-state index contributed by atoms with van der Waals surface area (Å²) in [6, 6.07) is -0.494. The summed E-state index contributed by atoms with van der Waals surface area (Å²) in [6.45, 7) is 2.56. The second kappa shape index (κ2) is 9.27. The first-order valence-corrected chi connectivity index (χ1v) is 11.5. The fraction of sp³-hybridized carbons (Fsp3) is 1.00. The van der Waals surface area contributed by atoms with Gasteiger partial charge < -0.3 is 25.2 Å². The van der Waals surface area contributed by atoms with Crippen LogP contribution in [0.25, 0.3) is 0 Å². The fourth-order valence-electron chi connectivity index (χ4n) is 6.86. The Morgan fingerprint density at radius 1 is 0.821 bits per heavy atom. The number of ether oxygens (including phenoxy) is 1. The molecular formula is C22H39NO5. The van der Waals surface area contributed by atoms with E-state index >= 15 is 0 Å². The molecule has 6 heteroatoms. The van der Waals surface area contributed by atoms with Gasteiger partial charge in [-0.25, -0.2) is 0 Å². The second-order valence-corrected chi connectivity index (χ2v) is 10.0. The van der Waals surface area contributed by atoms with E-state index in [0.717, 1.165) is 62.1 Å². The Hall–Kier alpha value is -0.240. The zero-order chi connectivity index (χ0) is 19.7. The molecule has 1 aliphatic heterocycles. The van der Waals surface area contributed by atoms with Crippen LogP contribution in [0.5, 0.6) is 0 Å². The summed E-state index contributed by atoms with van der Waals surface area (Å²) in [4.78, 5) is 1.90. The van der Waals surface area contributed by atoms with Gasteiger partial charge in [0.1, 0.15) is 12.2 Å². The van der Waals surface area contributed by atoms with Crippen LogP contribution >= 0.6 is 0 Å². The van der Waals surface area contributed by atoms with E-state index in [1.807, 2.05) is 4.90 Å². The van der Waals surface area contributed by atoms with E-state index in [1.54, 1.807) is 0 Å². The van der Waals surface area contributed by atoms with Gasteiger partial charge in [-0.2, -0.15) is 0 Å². The Bertz CT molecular complexity index is 475. The SMILES string of the molecule is OC[C@@H]1[C@@H](O)[C@H](O)[C@@H](O)CN1CCCCCOCC1C2CC3CC(C2)CC1C3. The average Bonchev–Trinajstić information content (AvgIpc) is 2.67. The summed E-state index contributed by atoms with van der Waals surface area (Å²) in [5, 5.41) is 39.2. The molecule has 0 aromatic carbocycles. The Morgan fingerprint density at radius 3 is 2.14 bits per heavy atom. The Balaban J connectivity index is 1.10. The van der Waals surface area contributed by atoms with E-state index in [-0.39, 0.29) is 6.61 Å². The standard InChI is InChI=1S/C22H39NO5/c24-12-19-21(26)22(27)20(25)11-23(19)4-2-1-3-5-28-13-18-16-7-14-6-15(9-16)10-17(18)8-14/h14-22,24-27H,1-13H2/t14?,15?,16?,17?,18?,19-,20+,21-,22-/m1/s1. The van der Waals surface area contributed by atoms with Crippen LogP contribution in [0.2, 0.25) is 0 Å². The van der Waals surface area contributed by atoms with E-state index < -0.39 is 24.4 Å². The number of β-amino-alcohol motifs (C(OH)–C–C–N with tert-alkyl or cyclic N) is 1. The van der Waals surface area contributed by atoms with Gasteiger partial charge in [0.25, 0.3) is 0 Å². The highest BCUT2D eigenvalue weighted by Gasteiger charge is 2.48. The van der Waals surface area contributed by atoms with Crippen molar-refractivity contribution in [2.24, 2.45) is 29.6 Å². The molecule has 4 saturated carbocycles. The van der Waals surface area contributed by atoms with Crippen LogP contribution < -0.4 is 0 Å². The van der Waals surface area contributed by atoms with Crippen LogP contribution in [0.4, 0.5) is 0 Å².